The molecule has 0 spiro atoms. The number of nitrogens with one attached hydrogen (secondary N) is 1. The van der Waals surface area contributed by atoms with Crippen molar-refractivity contribution in [3.05, 3.63) is 72.6 Å². The number of fused-ring (bicyclic) bond motifs is 1. The first-order valence-electron chi connectivity index (χ1n) is 10.6. The molecule has 0 saturated carbocycles. The molecular formula is C24H24FN5O. The van der Waals surface area contributed by atoms with E-state index in [-0.39, 0.29) is 24.2 Å². The molecule has 1 aliphatic rings. The highest BCUT2D eigenvalue weighted by molar-refractivity contribution is 5.82. The molecule has 1 amide bonds. The van der Waals surface area contributed by atoms with E-state index < -0.39 is 0 Å². The first kappa shape index (κ1) is 19.5. The maximum absolute atomic E-state index is 13.9. The van der Waals surface area contributed by atoms with Crippen LogP contribution in [-0.4, -0.2) is 43.1 Å². The number of nitrogens with zero attached hydrogens (tertiary/aromatic N) is 4. The minimum atomic E-state index is -0.320. The van der Waals surface area contributed by atoms with Crippen LogP contribution in [0.1, 0.15) is 18.9 Å². The second-order valence-electron chi connectivity index (χ2n) is 8.35. The zero-order chi connectivity index (χ0) is 21.4. The van der Waals surface area contributed by atoms with Crippen LogP contribution in [0, 0.1) is 11.7 Å². The van der Waals surface area contributed by atoms with Gasteiger partial charge in [0.15, 0.2) is 0 Å². The molecule has 7 heteroatoms. The Labute approximate surface area is 179 Å². The smallest absolute Gasteiger partial charge is 0.227 e. The van der Waals surface area contributed by atoms with Gasteiger partial charge >= 0.3 is 0 Å². The van der Waals surface area contributed by atoms with Gasteiger partial charge in [-0.05, 0) is 48.6 Å². The average Bonchev–Trinajstić information content (AvgIpc) is 3.50. The summed E-state index contributed by atoms with van der Waals surface area (Å²) in [6.07, 6.45) is 6.57. The third-order valence-electron chi connectivity index (χ3n) is 6.19. The van der Waals surface area contributed by atoms with Gasteiger partial charge in [0.2, 0.25) is 5.91 Å². The van der Waals surface area contributed by atoms with Gasteiger partial charge in [0, 0.05) is 30.9 Å². The molecule has 31 heavy (non-hydrogen) atoms. The van der Waals surface area contributed by atoms with E-state index >= 15 is 0 Å². The molecule has 0 bridgehead atoms. The Hall–Kier alpha value is -3.48. The molecular weight excluding hydrogens is 393 g/mol. The number of imidazole rings is 1. The first-order valence-corrected chi connectivity index (χ1v) is 10.6. The number of H-pyrrole nitrogens is 1. The summed E-state index contributed by atoms with van der Waals surface area (Å²) in [5, 5.41) is 6.84. The number of likely N-dealkylation sites (tertiary alicyclic amines) is 1. The van der Waals surface area contributed by atoms with E-state index in [1.165, 1.54) is 6.07 Å². The Kier molecular flexibility index (Phi) is 5.02. The summed E-state index contributed by atoms with van der Waals surface area (Å²) in [6, 6.07) is 12.9. The second kappa shape index (κ2) is 7.98. The minimum absolute atomic E-state index is 0.0136. The number of carbonyl (C=O) groups is 1. The van der Waals surface area contributed by atoms with Gasteiger partial charge in [-0.3, -0.25) is 9.89 Å². The molecule has 158 valence electrons. The van der Waals surface area contributed by atoms with Gasteiger partial charge in [-0.25, -0.2) is 9.37 Å². The molecule has 4 aromatic rings. The molecule has 6 nitrogen and oxygen atoms in total. The lowest BCUT2D eigenvalue weighted by atomic mass is 10.1. The Morgan fingerprint density at radius 1 is 1.23 bits per heavy atom. The quantitative estimate of drug-likeness (QED) is 0.533. The van der Waals surface area contributed by atoms with Crippen LogP contribution in [0.15, 0.2) is 61.2 Å². The molecule has 3 heterocycles. The Morgan fingerprint density at radius 2 is 2.10 bits per heavy atom. The molecule has 1 fully saturated rings. The van der Waals surface area contributed by atoms with Crippen molar-refractivity contribution in [3.8, 4) is 11.1 Å². The van der Waals surface area contributed by atoms with Gasteiger partial charge in [0.1, 0.15) is 5.82 Å². The highest BCUT2D eigenvalue weighted by atomic mass is 19.1. The fourth-order valence-corrected chi connectivity index (χ4v) is 4.60. The Bertz CT molecular complexity index is 1220. The summed E-state index contributed by atoms with van der Waals surface area (Å²) in [6.45, 7) is 3.55. The van der Waals surface area contributed by atoms with Crippen molar-refractivity contribution >= 4 is 16.9 Å². The van der Waals surface area contributed by atoms with Gasteiger partial charge in [-0.2, -0.15) is 5.10 Å². The van der Waals surface area contributed by atoms with Gasteiger partial charge in [0.05, 0.1) is 30.0 Å². The van der Waals surface area contributed by atoms with E-state index in [0.29, 0.717) is 18.0 Å². The zero-order valence-electron chi connectivity index (χ0n) is 17.3. The zero-order valence-corrected chi connectivity index (χ0v) is 17.3. The van der Waals surface area contributed by atoms with Crippen LogP contribution < -0.4 is 0 Å². The Balaban J connectivity index is 1.28. The maximum atomic E-state index is 13.9. The minimum Gasteiger partial charge on any atom is -0.339 e. The molecule has 0 aliphatic carbocycles. The van der Waals surface area contributed by atoms with E-state index in [0.717, 1.165) is 35.1 Å². The number of amides is 1. The Morgan fingerprint density at radius 3 is 2.90 bits per heavy atom. The highest BCUT2D eigenvalue weighted by Gasteiger charge is 2.32. The summed E-state index contributed by atoms with van der Waals surface area (Å²) < 4.78 is 16.1. The summed E-state index contributed by atoms with van der Waals surface area (Å²) in [5.41, 5.74) is 4.58. The van der Waals surface area contributed by atoms with E-state index in [1.807, 2.05) is 17.4 Å². The molecule has 2 unspecified atom stereocenters. The summed E-state index contributed by atoms with van der Waals surface area (Å²) in [4.78, 5) is 19.3. The van der Waals surface area contributed by atoms with Crippen molar-refractivity contribution in [2.24, 2.45) is 5.92 Å². The monoisotopic (exact) mass is 417 g/mol. The third kappa shape index (κ3) is 3.83. The van der Waals surface area contributed by atoms with E-state index in [1.54, 1.807) is 24.4 Å². The lowest BCUT2D eigenvalue weighted by Gasteiger charge is -2.21. The summed E-state index contributed by atoms with van der Waals surface area (Å²) >= 11 is 0. The predicted octanol–water partition coefficient (Wildman–Crippen LogP) is 4.05. The number of aromatic nitrogens is 4. The van der Waals surface area contributed by atoms with Crippen LogP contribution in [0.2, 0.25) is 0 Å². The van der Waals surface area contributed by atoms with Crippen LogP contribution >= 0.6 is 0 Å². The van der Waals surface area contributed by atoms with E-state index in [4.69, 9.17) is 0 Å². The van der Waals surface area contributed by atoms with Gasteiger partial charge in [-0.15, -0.1) is 0 Å². The van der Waals surface area contributed by atoms with Crippen LogP contribution in [0.5, 0.6) is 0 Å². The normalized spacial score (nSPS) is 18.7. The average molecular weight is 417 g/mol. The van der Waals surface area contributed by atoms with Crippen LogP contribution in [0.25, 0.3) is 22.2 Å². The predicted molar refractivity (Wildman–Crippen MR) is 117 cm³/mol. The second-order valence-corrected chi connectivity index (χ2v) is 8.35. The van der Waals surface area contributed by atoms with Crippen molar-refractivity contribution in [2.45, 2.75) is 32.4 Å². The molecule has 1 saturated heterocycles. The van der Waals surface area contributed by atoms with Crippen molar-refractivity contribution in [1.82, 2.24) is 24.6 Å². The van der Waals surface area contributed by atoms with E-state index in [9.17, 15) is 9.18 Å². The largest absolute Gasteiger partial charge is 0.339 e. The van der Waals surface area contributed by atoms with Crippen LogP contribution in [0.3, 0.4) is 0 Å². The van der Waals surface area contributed by atoms with Crippen molar-refractivity contribution in [3.63, 3.8) is 0 Å². The topological polar surface area (TPSA) is 66.8 Å². The van der Waals surface area contributed by atoms with Gasteiger partial charge in [-0.1, -0.05) is 24.3 Å². The fraction of sp³-hybridized carbons (Fsp3) is 0.292. The van der Waals surface area contributed by atoms with Crippen molar-refractivity contribution in [2.75, 3.05) is 6.54 Å². The fourth-order valence-electron chi connectivity index (χ4n) is 4.60. The molecule has 2 aromatic carbocycles. The lowest BCUT2D eigenvalue weighted by Crippen LogP contribution is -2.35. The van der Waals surface area contributed by atoms with Crippen molar-refractivity contribution < 1.29 is 9.18 Å². The number of hydrogen-bond acceptors (Lipinski definition) is 3. The standard InChI is InChI=1S/C24H24FN5O/c1-16-8-17(14-30(16)24(31)10-19-4-2-3-5-21(19)25)13-29-15-26-22-9-18(6-7-23(22)29)20-11-27-28-12-20/h2-7,9,11-12,15-17H,8,10,13-14H2,1H3,(H,27,28). The molecule has 5 rings (SSSR count). The highest BCUT2D eigenvalue weighted by Crippen LogP contribution is 2.28. The molecule has 1 N–H and O–H groups in total. The number of halogens is 1. The lowest BCUT2D eigenvalue weighted by molar-refractivity contribution is -0.131. The van der Waals surface area contributed by atoms with Gasteiger partial charge < -0.3 is 9.47 Å². The summed E-state index contributed by atoms with van der Waals surface area (Å²) in [7, 11) is 0. The number of benzene rings is 2. The number of hydrogen-bond donors (Lipinski definition) is 1. The molecule has 1 aliphatic heterocycles. The number of carbonyl (C=O) groups excluding carboxylic acids is 1. The third-order valence-corrected chi connectivity index (χ3v) is 6.19. The van der Waals surface area contributed by atoms with Crippen LogP contribution in [-0.2, 0) is 17.8 Å². The van der Waals surface area contributed by atoms with Crippen molar-refractivity contribution in [1.29, 1.82) is 0 Å². The summed E-state index contributed by atoms with van der Waals surface area (Å²) in [5.74, 6) is 0.00443. The molecule has 2 atom stereocenters. The first-order chi connectivity index (χ1) is 15.1. The SMILES string of the molecule is CC1CC(Cn2cnc3cc(-c4cn[nH]c4)ccc32)CN1C(=O)Cc1ccccc1F. The number of rotatable bonds is 5. The van der Waals surface area contributed by atoms with E-state index in [2.05, 4.69) is 44.9 Å². The van der Waals surface area contributed by atoms with Gasteiger partial charge in [0.25, 0.3) is 0 Å². The number of aromatic amines is 1. The molecule has 2 aromatic heterocycles. The maximum Gasteiger partial charge on any atom is 0.227 e. The van der Waals surface area contributed by atoms with Crippen LogP contribution in [0.4, 0.5) is 4.39 Å². The molecule has 0 radical (unpaired) electrons.